The van der Waals surface area contributed by atoms with Gasteiger partial charge in [-0.15, -0.1) is 0 Å². The minimum Gasteiger partial charge on any atom is -0.384 e. The first kappa shape index (κ1) is 11.0. The van der Waals surface area contributed by atoms with Gasteiger partial charge in [0.1, 0.15) is 5.82 Å². The van der Waals surface area contributed by atoms with Gasteiger partial charge < -0.3 is 5.32 Å². The smallest absolute Gasteiger partial charge is 0.175 e. The zero-order chi connectivity index (χ0) is 12.5. The van der Waals surface area contributed by atoms with Crippen molar-refractivity contribution in [1.29, 1.82) is 0 Å². The van der Waals surface area contributed by atoms with Gasteiger partial charge in [0.2, 0.25) is 0 Å². The predicted molar refractivity (Wildman–Crippen MR) is 68.4 cm³/mol. The van der Waals surface area contributed by atoms with Crippen molar-refractivity contribution in [3.05, 3.63) is 65.5 Å². The molecule has 0 spiro atoms. The van der Waals surface area contributed by atoms with Crippen LogP contribution in [0.1, 0.15) is 21.8 Å². The molecule has 0 bridgehead atoms. The predicted octanol–water partition coefficient (Wildman–Crippen LogP) is 3.22. The SMILES string of the molecule is O=C(c1ccccc1F)C1CNc2ccccc21. The zero-order valence-corrected chi connectivity index (χ0v) is 9.69. The highest BCUT2D eigenvalue weighted by Gasteiger charge is 2.29. The van der Waals surface area contributed by atoms with Crippen LogP contribution in [0.3, 0.4) is 0 Å². The highest BCUT2D eigenvalue weighted by molar-refractivity contribution is 6.03. The van der Waals surface area contributed by atoms with Crippen molar-refractivity contribution < 1.29 is 9.18 Å². The molecule has 0 aliphatic carbocycles. The number of ketones is 1. The quantitative estimate of drug-likeness (QED) is 0.818. The fourth-order valence-corrected chi connectivity index (χ4v) is 2.37. The van der Waals surface area contributed by atoms with Gasteiger partial charge in [-0.3, -0.25) is 4.79 Å². The molecule has 0 saturated carbocycles. The third-order valence-electron chi connectivity index (χ3n) is 3.29. The van der Waals surface area contributed by atoms with Crippen LogP contribution < -0.4 is 5.32 Å². The van der Waals surface area contributed by atoms with E-state index in [0.717, 1.165) is 11.3 Å². The lowest BCUT2D eigenvalue weighted by molar-refractivity contribution is 0.0962. The van der Waals surface area contributed by atoms with Crippen molar-refractivity contribution >= 4 is 11.5 Å². The number of rotatable bonds is 2. The molecule has 0 amide bonds. The summed E-state index contributed by atoms with van der Waals surface area (Å²) >= 11 is 0. The maximum absolute atomic E-state index is 13.6. The first-order chi connectivity index (χ1) is 8.77. The average Bonchev–Trinajstić information content (AvgIpc) is 2.82. The lowest BCUT2D eigenvalue weighted by atomic mass is 9.92. The highest BCUT2D eigenvalue weighted by Crippen LogP contribution is 2.33. The summed E-state index contributed by atoms with van der Waals surface area (Å²) in [5, 5.41) is 3.18. The lowest BCUT2D eigenvalue weighted by Crippen LogP contribution is -2.16. The molecule has 18 heavy (non-hydrogen) atoms. The molecule has 3 heteroatoms. The molecule has 1 heterocycles. The van der Waals surface area contributed by atoms with E-state index in [1.807, 2.05) is 24.3 Å². The molecule has 1 unspecified atom stereocenters. The van der Waals surface area contributed by atoms with Crippen molar-refractivity contribution in [2.45, 2.75) is 5.92 Å². The number of benzene rings is 2. The van der Waals surface area contributed by atoms with Crippen LogP contribution >= 0.6 is 0 Å². The number of carbonyl (C=O) groups excluding carboxylic acids is 1. The topological polar surface area (TPSA) is 29.1 Å². The van der Waals surface area contributed by atoms with Crippen LogP contribution in [0.25, 0.3) is 0 Å². The van der Waals surface area contributed by atoms with E-state index in [4.69, 9.17) is 0 Å². The van der Waals surface area contributed by atoms with E-state index in [9.17, 15) is 9.18 Å². The molecule has 0 saturated heterocycles. The second-order valence-electron chi connectivity index (χ2n) is 4.36. The van der Waals surface area contributed by atoms with E-state index in [2.05, 4.69) is 5.32 Å². The van der Waals surface area contributed by atoms with Gasteiger partial charge in [-0.1, -0.05) is 30.3 Å². The molecule has 1 aliphatic rings. The van der Waals surface area contributed by atoms with Crippen LogP contribution in [0.5, 0.6) is 0 Å². The van der Waals surface area contributed by atoms with E-state index in [1.54, 1.807) is 18.2 Å². The van der Waals surface area contributed by atoms with Crippen LogP contribution in [0.4, 0.5) is 10.1 Å². The van der Waals surface area contributed by atoms with Crippen molar-refractivity contribution in [3.8, 4) is 0 Å². The van der Waals surface area contributed by atoms with Crippen molar-refractivity contribution in [2.75, 3.05) is 11.9 Å². The number of fused-ring (bicyclic) bond motifs is 1. The van der Waals surface area contributed by atoms with E-state index in [0.29, 0.717) is 6.54 Å². The number of hydrogen-bond acceptors (Lipinski definition) is 2. The Labute approximate surface area is 104 Å². The van der Waals surface area contributed by atoms with Gasteiger partial charge in [0.15, 0.2) is 5.78 Å². The molecule has 0 aromatic heterocycles. The summed E-state index contributed by atoms with van der Waals surface area (Å²) in [7, 11) is 0. The van der Waals surface area contributed by atoms with Gasteiger partial charge in [0, 0.05) is 12.2 Å². The Morgan fingerprint density at radius 1 is 1.11 bits per heavy atom. The van der Waals surface area contributed by atoms with Gasteiger partial charge in [0.05, 0.1) is 11.5 Å². The molecule has 2 aromatic carbocycles. The normalized spacial score (nSPS) is 17.1. The fraction of sp³-hybridized carbons (Fsp3) is 0.133. The molecule has 2 nitrogen and oxygen atoms in total. The third kappa shape index (κ3) is 1.68. The standard InChI is InChI=1S/C15H12FNO/c16-13-7-3-1-6-11(13)15(18)12-9-17-14-8-4-2-5-10(12)14/h1-8,12,17H,9H2. The molecular formula is C15H12FNO. The fourth-order valence-electron chi connectivity index (χ4n) is 2.37. The van der Waals surface area contributed by atoms with Gasteiger partial charge >= 0.3 is 0 Å². The minimum atomic E-state index is -0.452. The second-order valence-corrected chi connectivity index (χ2v) is 4.36. The van der Waals surface area contributed by atoms with Crippen LogP contribution in [0.15, 0.2) is 48.5 Å². The lowest BCUT2D eigenvalue weighted by Gasteiger charge is -2.09. The van der Waals surface area contributed by atoms with Crippen LogP contribution in [-0.4, -0.2) is 12.3 Å². The number of halogens is 1. The van der Waals surface area contributed by atoms with Crippen molar-refractivity contribution in [2.24, 2.45) is 0 Å². The van der Waals surface area contributed by atoms with E-state index in [1.165, 1.54) is 6.07 Å². The molecule has 1 atom stereocenters. The summed E-state index contributed by atoms with van der Waals surface area (Å²) in [6, 6.07) is 13.8. The summed E-state index contributed by atoms with van der Waals surface area (Å²) in [6.45, 7) is 0.534. The van der Waals surface area contributed by atoms with E-state index in [-0.39, 0.29) is 17.3 Å². The van der Waals surface area contributed by atoms with Crippen molar-refractivity contribution in [3.63, 3.8) is 0 Å². The van der Waals surface area contributed by atoms with Gasteiger partial charge in [-0.25, -0.2) is 4.39 Å². The third-order valence-corrected chi connectivity index (χ3v) is 3.29. The number of anilines is 1. The monoisotopic (exact) mass is 241 g/mol. The number of nitrogens with one attached hydrogen (secondary N) is 1. The Balaban J connectivity index is 1.99. The molecule has 1 N–H and O–H groups in total. The largest absolute Gasteiger partial charge is 0.384 e. The van der Waals surface area contributed by atoms with Crippen molar-refractivity contribution in [1.82, 2.24) is 0 Å². The van der Waals surface area contributed by atoms with Gasteiger partial charge in [-0.05, 0) is 23.8 Å². The van der Waals surface area contributed by atoms with Crippen LogP contribution in [-0.2, 0) is 0 Å². The van der Waals surface area contributed by atoms with E-state index >= 15 is 0 Å². The zero-order valence-electron chi connectivity index (χ0n) is 9.69. The molecule has 0 fully saturated rings. The van der Waals surface area contributed by atoms with E-state index < -0.39 is 5.82 Å². The number of carbonyl (C=O) groups is 1. The second kappa shape index (κ2) is 4.26. The molecule has 0 radical (unpaired) electrons. The van der Waals surface area contributed by atoms with Crippen LogP contribution in [0.2, 0.25) is 0 Å². The summed E-state index contributed by atoms with van der Waals surface area (Å²) < 4.78 is 13.6. The van der Waals surface area contributed by atoms with Gasteiger partial charge in [0.25, 0.3) is 0 Å². The molecule has 2 aromatic rings. The maximum atomic E-state index is 13.6. The molecule has 3 rings (SSSR count). The summed E-state index contributed by atoms with van der Waals surface area (Å²) in [6.07, 6.45) is 0. The summed E-state index contributed by atoms with van der Waals surface area (Å²) in [5.41, 5.74) is 2.08. The Morgan fingerprint density at radius 2 is 1.83 bits per heavy atom. The maximum Gasteiger partial charge on any atom is 0.175 e. The molecular weight excluding hydrogens is 229 g/mol. The first-order valence-corrected chi connectivity index (χ1v) is 5.89. The van der Waals surface area contributed by atoms with Crippen LogP contribution in [0, 0.1) is 5.82 Å². The highest BCUT2D eigenvalue weighted by atomic mass is 19.1. The Morgan fingerprint density at radius 3 is 2.67 bits per heavy atom. The minimum absolute atomic E-state index is 0.162. The Hall–Kier alpha value is -2.16. The Kier molecular flexibility index (Phi) is 2.59. The summed E-state index contributed by atoms with van der Waals surface area (Å²) in [5.74, 6) is -0.907. The number of Topliss-reactive ketones (excluding diaryl/α,β-unsaturated/α-hetero) is 1. The number of hydrogen-bond donors (Lipinski definition) is 1. The van der Waals surface area contributed by atoms with Gasteiger partial charge in [-0.2, -0.15) is 0 Å². The molecule has 90 valence electrons. The number of para-hydroxylation sites is 1. The summed E-state index contributed by atoms with van der Waals surface area (Å²) in [4.78, 5) is 12.4. The first-order valence-electron chi connectivity index (χ1n) is 5.89. The molecule has 1 aliphatic heterocycles. The Bertz CT molecular complexity index is 609. The average molecular weight is 241 g/mol.